The van der Waals surface area contributed by atoms with Gasteiger partial charge in [0.05, 0.1) is 0 Å². The van der Waals surface area contributed by atoms with E-state index in [-0.39, 0.29) is 5.56 Å². The fraction of sp³-hybridized carbons (Fsp3) is 0.235. The fourth-order valence-corrected chi connectivity index (χ4v) is 2.35. The lowest BCUT2D eigenvalue weighted by molar-refractivity contribution is -0.186. The molecule has 0 N–H and O–H groups in total. The number of hydrogen-bond donors (Lipinski definition) is 0. The standard InChI is InChI=1S/C17H15F3O2/c1-12(21)22-16(14-10-6-3-7-11-14)15(17(18,19)20)13-8-4-2-5-9-13/h2-11,15-16H,1H3/t15-,16-/m1/s1. The number of carbonyl (C=O) groups is 1. The predicted molar refractivity (Wildman–Crippen MR) is 76.2 cm³/mol. The lowest BCUT2D eigenvalue weighted by atomic mass is 9.88. The van der Waals surface area contributed by atoms with Crippen LogP contribution in [0.15, 0.2) is 60.7 Å². The van der Waals surface area contributed by atoms with Crippen molar-refractivity contribution in [2.75, 3.05) is 0 Å². The highest BCUT2D eigenvalue weighted by atomic mass is 19.4. The average molecular weight is 308 g/mol. The van der Waals surface area contributed by atoms with Gasteiger partial charge in [-0.25, -0.2) is 0 Å². The van der Waals surface area contributed by atoms with E-state index in [0.29, 0.717) is 5.56 Å². The van der Waals surface area contributed by atoms with Crippen molar-refractivity contribution in [3.63, 3.8) is 0 Å². The average Bonchev–Trinajstić information content (AvgIpc) is 2.47. The molecule has 2 atom stereocenters. The highest BCUT2D eigenvalue weighted by Crippen LogP contribution is 2.45. The Morgan fingerprint density at radius 1 is 0.909 bits per heavy atom. The molecule has 0 spiro atoms. The van der Waals surface area contributed by atoms with E-state index in [2.05, 4.69) is 0 Å². The summed E-state index contributed by atoms with van der Waals surface area (Å²) in [5.41, 5.74) is 0.369. The van der Waals surface area contributed by atoms with Crippen LogP contribution in [0, 0.1) is 0 Å². The van der Waals surface area contributed by atoms with Gasteiger partial charge in [0, 0.05) is 6.92 Å². The smallest absolute Gasteiger partial charge is 0.399 e. The van der Waals surface area contributed by atoms with Gasteiger partial charge in [-0.15, -0.1) is 0 Å². The lowest BCUT2D eigenvalue weighted by Gasteiger charge is -2.29. The Bertz CT molecular complexity index is 609. The summed E-state index contributed by atoms with van der Waals surface area (Å²) >= 11 is 0. The van der Waals surface area contributed by atoms with E-state index in [4.69, 9.17) is 4.74 Å². The first-order valence-electron chi connectivity index (χ1n) is 6.73. The van der Waals surface area contributed by atoms with Crippen LogP contribution in [0.5, 0.6) is 0 Å². The van der Waals surface area contributed by atoms with Crippen molar-refractivity contribution in [3.05, 3.63) is 71.8 Å². The molecule has 5 heteroatoms. The monoisotopic (exact) mass is 308 g/mol. The molecule has 0 aliphatic carbocycles. The van der Waals surface area contributed by atoms with Crippen LogP contribution in [0.3, 0.4) is 0 Å². The maximum atomic E-state index is 13.6. The first kappa shape index (κ1) is 16.1. The molecule has 0 fully saturated rings. The predicted octanol–water partition coefficient (Wildman–Crippen LogP) is 4.64. The number of carbonyl (C=O) groups excluding carboxylic acids is 1. The zero-order chi connectivity index (χ0) is 16.2. The maximum Gasteiger partial charge on any atom is 0.399 e. The quantitative estimate of drug-likeness (QED) is 0.769. The van der Waals surface area contributed by atoms with Crippen molar-refractivity contribution in [1.29, 1.82) is 0 Å². The summed E-state index contributed by atoms with van der Waals surface area (Å²) in [6.45, 7) is 1.11. The minimum Gasteiger partial charge on any atom is -0.457 e. The molecular weight excluding hydrogens is 293 g/mol. The fourth-order valence-electron chi connectivity index (χ4n) is 2.35. The Labute approximate surface area is 126 Å². The van der Waals surface area contributed by atoms with Crippen molar-refractivity contribution in [3.8, 4) is 0 Å². The third kappa shape index (κ3) is 3.87. The van der Waals surface area contributed by atoms with E-state index < -0.39 is 24.2 Å². The minimum absolute atomic E-state index is 0.0603. The molecule has 0 amide bonds. The first-order valence-corrected chi connectivity index (χ1v) is 6.73. The molecule has 0 saturated carbocycles. The number of esters is 1. The Morgan fingerprint density at radius 3 is 1.77 bits per heavy atom. The van der Waals surface area contributed by atoms with Crippen molar-refractivity contribution >= 4 is 5.97 Å². The van der Waals surface area contributed by atoms with E-state index >= 15 is 0 Å². The van der Waals surface area contributed by atoms with Gasteiger partial charge in [-0.2, -0.15) is 13.2 Å². The van der Waals surface area contributed by atoms with E-state index in [0.717, 1.165) is 6.92 Å². The molecule has 2 rings (SSSR count). The summed E-state index contributed by atoms with van der Waals surface area (Å²) in [5.74, 6) is -2.67. The van der Waals surface area contributed by atoms with Crippen LogP contribution in [-0.4, -0.2) is 12.1 Å². The maximum absolute atomic E-state index is 13.6. The number of benzene rings is 2. The molecule has 0 heterocycles. The second kappa shape index (κ2) is 6.64. The van der Waals surface area contributed by atoms with Gasteiger partial charge in [-0.05, 0) is 11.1 Å². The first-order chi connectivity index (χ1) is 10.4. The Balaban J connectivity index is 2.51. The van der Waals surface area contributed by atoms with Crippen molar-refractivity contribution in [1.82, 2.24) is 0 Å². The van der Waals surface area contributed by atoms with Gasteiger partial charge in [0.15, 0.2) is 0 Å². The minimum atomic E-state index is -4.54. The molecule has 0 saturated heterocycles. The second-order valence-electron chi connectivity index (χ2n) is 4.87. The molecule has 2 aromatic carbocycles. The van der Waals surface area contributed by atoms with E-state index in [9.17, 15) is 18.0 Å². The van der Waals surface area contributed by atoms with Gasteiger partial charge in [-0.3, -0.25) is 4.79 Å². The van der Waals surface area contributed by atoms with E-state index in [1.807, 2.05) is 0 Å². The zero-order valence-corrected chi connectivity index (χ0v) is 11.9. The van der Waals surface area contributed by atoms with Crippen molar-refractivity contribution < 1.29 is 22.7 Å². The summed E-state index contributed by atoms with van der Waals surface area (Å²) in [7, 11) is 0. The summed E-state index contributed by atoms with van der Waals surface area (Å²) in [6, 6.07) is 15.4. The summed E-state index contributed by atoms with van der Waals surface area (Å²) in [4.78, 5) is 11.3. The van der Waals surface area contributed by atoms with Crippen molar-refractivity contribution in [2.24, 2.45) is 0 Å². The summed E-state index contributed by atoms with van der Waals surface area (Å²) in [6.07, 6.45) is -5.96. The van der Waals surface area contributed by atoms with Gasteiger partial charge in [0.2, 0.25) is 0 Å². The molecule has 0 aliphatic heterocycles. The van der Waals surface area contributed by atoms with Gasteiger partial charge in [0.25, 0.3) is 0 Å². The van der Waals surface area contributed by atoms with Crippen LogP contribution in [-0.2, 0) is 9.53 Å². The van der Waals surface area contributed by atoms with Gasteiger partial charge in [-0.1, -0.05) is 60.7 Å². The number of halogens is 3. The topological polar surface area (TPSA) is 26.3 Å². The Hall–Kier alpha value is -2.30. The van der Waals surface area contributed by atoms with Crippen molar-refractivity contribution in [2.45, 2.75) is 25.1 Å². The van der Waals surface area contributed by atoms with Crippen LogP contribution in [0.4, 0.5) is 13.2 Å². The molecular formula is C17H15F3O2. The van der Waals surface area contributed by atoms with Crippen LogP contribution >= 0.6 is 0 Å². The third-order valence-electron chi connectivity index (χ3n) is 3.24. The molecule has 0 radical (unpaired) electrons. The third-order valence-corrected chi connectivity index (χ3v) is 3.24. The highest BCUT2D eigenvalue weighted by molar-refractivity contribution is 5.66. The van der Waals surface area contributed by atoms with Crippen LogP contribution in [0.1, 0.15) is 30.1 Å². The molecule has 2 nitrogen and oxygen atoms in total. The van der Waals surface area contributed by atoms with E-state index in [1.165, 1.54) is 36.4 Å². The lowest BCUT2D eigenvalue weighted by Crippen LogP contribution is -2.29. The number of rotatable bonds is 4. The van der Waals surface area contributed by atoms with Crippen LogP contribution in [0.25, 0.3) is 0 Å². The molecule has 0 aliphatic rings. The zero-order valence-electron chi connectivity index (χ0n) is 11.9. The number of alkyl halides is 3. The van der Waals surface area contributed by atoms with E-state index in [1.54, 1.807) is 24.3 Å². The Morgan fingerprint density at radius 2 is 1.36 bits per heavy atom. The molecule has 2 aromatic rings. The van der Waals surface area contributed by atoms with Crippen LogP contribution in [0.2, 0.25) is 0 Å². The Kier molecular flexibility index (Phi) is 4.85. The van der Waals surface area contributed by atoms with Gasteiger partial charge >= 0.3 is 12.1 Å². The van der Waals surface area contributed by atoms with Crippen LogP contribution < -0.4 is 0 Å². The SMILES string of the molecule is CC(=O)O[C@H](c1ccccc1)[C@@H](c1ccccc1)C(F)(F)F. The van der Waals surface area contributed by atoms with Gasteiger partial charge < -0.3 is 4.74 Å². The largest absolute Gasteiger partial charge is 0.457 e. The summed E-state index contributed by atoms with van der Waals surface area (Å²) < 4.78 is 45.8. The summed E-state index contributed by atoms with van der Waals surface area (Å²) in [5, 5.41) is 0. The number of hydrogen-bond acceptors (Lipinski definition) is 2. The molecule has 0 unspecified atom stereocenters. The molecule has 22 heavy (non-hydrogen) atoms. The highest BCUT2D eigenvalue weighted by Gasteiger charge is 2.47. The molecule has 116 valence electrons. The van der Waals surface area contributed by atoms with Gasteiger partial charge in [0.1, 0.15) is 12.0 Å². The number of ether oxygens (including phenoxy) is 1. The molecule has 0 bridgehead atoms. The second-order valence-corrected chi connectivity index (χ2v) is 4.87. The normalized spacial score (nSPS) is 14.2. The molecule has 0 aromatic heterocycles.